The summed E-state index contributed by atoms with van der Waals surface area (Å²) in [5.41, 5.74) is 6.12. The standard InChI is InChI=1S/C22H19N/c1-14-11-15(2)13-18(12-14)22-21-17(9-10-23-22)7-8-19-16(3)5-4-6-20(19)21/h4-13H,1-3H3. The van der Waals surface area contributed by atoms with Gasteiger partial charge < -0.3 is 0 Å². The molecule has 0 aliphatic carbocycles. The average molecular weight is 297 g/mol. The molecule has 4 rings (SSSR count). The Morgan fingerprint density at radius 2 is 1.52 bits per heavy atom. The maximum absolute atomic E-state index is 4.74. The molecule has 1 heteroatoms. The molecule has 0 saturated heterocycles. The normalized spacial score (nSPS) is 11.3. The summed E-state index contributed by atoms with van der Waals surface area (Å²) in [6.45, 7) is 6.45. The number of nitrogens with zero attached hydrogens (tertiary/aromatic N) is 1. The van der Waals surface area contributed by atoms with Crippen molar-refractivity contribution in [2.45, 2.75) is 20.8 Å². The molecule has 0 N–H and O–H groups in total. The number of hydrogen-bond donors (Lipinski definition) is 0. The number of rotatable bonds is 1. The molecule has 1 aromatic heterocycles. The number of benzene rings is 3. The predicted molar refractivity (Wildman–Crippen MR) is 98.9 cm³/mol. The third-order valence-electron chi connectivity index (χ3n) is 4.50. The Morgan fingerprint density at radius 1 is 0.739 bits per heavy atom. The van der Waals surface area contributed by atoms with Crippen LogP contribution in [0, 0.1) is 20.8 Å². The van der Waals surface area contributed by atoms with E-state index in [0.717, 1.165) is 5.69 Å². The molecule has 1 nitrogen and oxygen atoms in total. The van der Waals surface area contributed by atoms with E-state index in [2.05, 4.69) is 75.4 Å². The molecule has 0 amide bonds. The fraction of sp³-hybridized carbons (Fsp3) is 0.136. The minimum Gasteiger partial charge on any atom is -0.256 e. The van der Waals surface area contributed by atoms with E-state index < -0.39 is 0 Å². The highest BCUT2D eigenvalue weighted by Crippen LogP contribution is 2.34. The zero-order valence-corrected chi connectivity index (χ0v) is 13.7. The lowest BCUT2D eigenvalue weighted by molar-refractivity contribution is 1.33. The Bertz CT molecular complexity index is 1020. The predicted octanol–water partition coefficient (Wildman–Crippen LogP) is 5.98. The van der Waals surface area contributed by atoms with E-state index in [-0.39, 0.29) is 0 Å². The first-order chi connectivity index (χ1) is 11.1. The van der Waals surface area contributed by atoms with Crippen molar-refractivity contribution in [3.05, 3.63) is 77.5 Å². The highest BCUT2D eigenvalue weighted by atomic mass is 14.7. The van der Waals surface area contributed by atoms with Crippen molar-refractivity contribution in [1.29, 1.82) is 0 Å². The zero-order chi connectivity index (χ0) is 16.0. The van der Waals surface area contributed by atoms with Gasteiger partial charge in [-0.3, -0.25) is 4.98 Å². The van der Waals surface area contributed by atoms with E-state index in [1.165, 1.54) is 43.8 Å². The quantitative estimate of drug-likeness (QED) is 0.394. The van der Waals surface area contributed by atoms with Crippen molar-refractivity contribution in [3.63, 3.8) is 0 Å². The van der Waals surface area contributed by atoms with Crippen molar-refractivity contribution in [3.8, 4) is 11.3 Å². The Morgan fingerprint density at radius 3 is 2.30 bits per heavy atom. The van der Waals surface area contributed by atoms with Crippen LogP contribution in [0.3, 0.4) is 0 Å². The summed E-state index contributed by atoms with van der Waals surface area (Å²) in [4.78, 5) is 4.74. The number of fused-ring (bicyclic) bond motifs is 3. The lowest BCUT2D eigenvalue weighted by Gasteiger charge is -2.12. The van der Waals surface area contributed by atoms with Crippen LogP contribution >= 0.6 is 0 Å². The van der Waals surface area contributed by atoms with Gasteiger partial charge >= 0.3 is 0 Å². The van der Waals surface area contributed by atoms with Gasteiger partial charge in [0.2, 0.25) is 0 Å². The Kier molecular flexibility index (Phi) is 3.16. The second-order valence-corrected chi connectivity index (χ2v) is 6.37. The van der Waals surface area contributed by atoms with Crippen LogP contribution in [0.5, 0.6) is 0 Å². The largest absolute Gasteiger partial charge is 0.256 e. The number of aromatic nitrogens is 1. The number of aryl methyl sites for hydroxylation is 3. The lowest BCUT2D eigenvalue weighted by atomic mass is 9.95. The molecule has 0 bridgehead atoms. The molecule has 0 spiro atoms. The Labute approximate surface area is 136 Å². The van der Waals surface area contributed by atoms with Crippen LogP contribution in [0.4, 0.5) is 0 Å². The molecule has 0 fully saturated rings. The second kappa shape index (κ2) is 5.20. The van der Waals surface area contributed by atoms with Crippen LogP contribution in [0.1, 0.15) is 16.7 Å². The SMILES string of the molecule is Cc1cc(C)cc(-c2nccc3ccc4c(C)cccc4c23)c1. The molecular weight excluding hydrogens is 278 g/mol. The van der Waals surface area contributed by atoms with E-state index in [9.17, 15) is 0 Å². The molecule has 4 aromatic rings. The van der Waals surface area contributed by atoms with E-state index >= 15 is 0 Å². The number of pyridine rings is 1. The maximum atomic E-state index is 4.74. The summed E-state index contributed by atoms with van der Waals surface area (Å²) >= 11 is 0. The van der Waals surface area contributed by atoms with E-state index in [4.69, 9.17) is 4.98 Å². The van der Waals surface area contributed by atoms with Gasteiger partial charge in [0, 0.05) is 17.1 Å². The smallest absolute Gasteiger partial charge is 0.0786 e. The minimum absolute atomic E-state index is 1.07. The van der Waals surface area contributed by atoms with Crippen LogP contribution in [0.2, 0.25) is 0 Å². The summed E-state index contributed by atoms with van der Waals surface area (Å²) in [5.74, 6) is 0. The average Bonchev–Trinajstić information content (AvgIpc) is 2.53. The molecule has 23 heavy (non-hydrogen) atoms. The van der Waals surface area contributed by atoms with E-state index in [1.54, 1.807) is 0 Å². The van der Waals surface area contributed by atoms with E-state index in [1.807, 2.05) is 6.20 Å². The van der Waals surface area contributed by atoms with Crippen LogP contribution in [-0.4, -0.2) is 4.98 Å². The minimum atomic E-state index is 1.07. The monoisotopic (exact) mass is 297 g/mol. The van der Waals surface area contributed by atoms with Gasteiger partial charge in [0.05, 0.1) is 5.69 Å². The number of hydrogen-bond acceptors (Lipinski definition) is 1. The highest BCUT2D eigenvalue weighted by molar-refractivity contribution is 6.13. The molecule has 3 aromatic carbocycles. The Hall–Kier alpha value is -2.67. The van der Waals surface area contributed by atoms with Crippen LogP contribution in [-0.2, 0) is 0 Å². The van der Waals surface area contributed by atoms with Crippen LogP contribution < -0.4 is 0 Å². The van der Waals surface area contributed by atoms with Crippen molar-refractivity contribution in [1.82, 2.24) is 4.98 Å². The zero-order valence-electron chi connectivity index (χ0n) is 13.7. The van der Waals surface area contributed by atoms with E-state index in [0.29, 0.717) is 0 Å². The van der Waals surface area contributed by atoms with Gasteiger partial charge in [-0.2, -0.15) is 0 Å². The molecule has 112 valence electrons. The molecule has 0 aliphatic rings. The van der Waals surface area contributed by atoms with Gasteiger partial charge in [-0.1, -0.05) is 47.5 Å². The topological polar surface area (TPSA) is 12.9 Å². The summed E-state index contributed by atoms with van der Waals surface area (Å²) in [6.07, 6.45) is 1.91. The molecule has 0 aliphatic heterocycles. The molecular formula is C22H19N. The van der Waals surface area contributed by atoms with Gasteiger partial charge in [0.1, 0.15) is 0 Å². The fourth-order valence-electron chi connectivity index (χ4n) is 3.52. The van der Waals surface area contributed by atoms with Crippen molar-refractivity contribution >= 4 is 21.5 Å². The summed E-state index contributed by atoms with van der Waals surface area (Å²) in [5, 5.41) is 5.08. The highest BCUT2D eigenvalue weighted by Gasteiger charge is 2.10. The summed E-state index contributed by atoms with van der Waals surface area (Å²) < 4.78 is 0. The second-order valence-electron chi connectivity index (χ2n) is 6.37. The van der Waals surface area contributed by atoms with Gasteiger partial charge in [-0.15, -0.1) is 0 Å². The third-order valence-corrected chi connectivity index (χ3v) is 4.50. The molecule has 0 unspecified atom stereocenters. The van der Waals surface area contributed by atoms with Crippen molar-refractivity contribution in [2.24, 2.45) is 0 Å². The van der Waals surface area contributed by atoms with Gasteiger partial charge in [-0.05, 0) is 60.7 Å². The molecule has 1 heterocycles. The van der Waals surface area contributed by atoms with Gasteiger partial charge in [0.25, 0.3) is 0 Å². The fourth-order valence-corrected chi connectivity index (χ4v) is 3.52. The van der Waals surface area contributed by atoms with Crippen LogP contribution in [0.15, 0.2) is 60.8 Å². The maximum Gasteiger partial charge on any atom is 0.0786 e. The summed E-state index contributed by atoms with van der Waals surface area (Å²) in [6, 6.07) is 19.7. The first kappa shape index (κ1) is 14.0. The van der Waals surface area contributed by atoms with Gasteiger partial charge in [-0.25, -0.2) is 0 Å². The van der Waals surface area contributed by atoms with Crippen molar-refractivity contribution < 1.29 is 0 Å². The molecule has 0 saturated carbocycles. The van der Waals surface area contributed by atoms with Crippen LogP contribution in [0.25, 0.3) is 32.8 Å². The first-order valence-electron chi connectivity index (χ1n) is 7.99. The molecule has 0 radical (unpaired) electrons. The third kappa shape index (κ3) is 2.29. The summed E-state index contributed by atoms with van der Waals surface area (Å²) in [7, 11) is 0. The lowest BCUT2D eigenvalue weighted by Crippen LogP contribution is -1.90. The van der Waals surface area contributed by atoms with Crippen molar-refractivity contribution in [2.75, 3.05) is 0 Å². The Balaban J connectivity index is 2.17. The van der Waals surface area contributed by atoms with Gasteiger partial charge in [0.15, 0.2) is 0 Å². The molecule has 0 atom stereocenters. The first-order valence-corrected chi connectivity index (χ1v) is 7.99.